The summed E-state index contributed by atoms with van der Waals surface area (Å²) in [6, 6.07) is 0. The van der Waals surface area contributed by atoms with Gasteiger partial charge in [0.1, 0.15) is 0 Å². The smallest absolute Gasteiger partial charge is 0 e. The monoisotopic (exact) mass is 223 g/mol. The molecule has 0 rings (SSSR count). The first-order valence-electron chi connectivity index (χ1n) is 0.775. The summed E-state index contributed by atoms with van der Waals surface area (Å²) in [5.41, 5.74) is 0. The zero-order valence-electron chi connectivity index (χ0n) is 2.50. The molecule has 0 aromatic carbocycles. The maximum Gasteiger partial charge on any atom is 0 e. The Kier molecular flexibility index (Phi) is 25.7. The predicted octanol–water partition coefficient (Wildman–Crippen LogP) is -3.24. The summed E-state index contributed by atoms with van der Waals surface area (Å²) in [7, 11) is -2.17. The van der Waals surface area contributed by atoms with E-state index in [4.69, 9.17) is 15.1 Å². The fourth-order valence-electron chi connectivity index (χ4n) is 0. The normalized spacial score (nSPS) is 4.50. The molecule has 0 amide bonds. The van der Waals surface area contributed by atoms with Gasteiger partial charge in [0.2, 0.25) is 0 Å². The van der Waals surface area contributed by atoms with Crippen LogP contribution in [0.4, 0.5) is 0 Å². The SMILES string of the molecule is OB(O)O.[GaH3].[Y]. The van der Waals surface area contributed by atoms with Gasteiger partial charge in [0, 0.05) is 32.7 Å². The molecule has 0 aromatic heterocycles. The van der Waals surface area contributed by atoms with Gasteiger partial charge in [-0.1, -0.05) is 0 Å². The average molecular weight is 223 g/mol. The van der Waals surface area contributed by atoms with Crippen molar-refractivity contribution in [3.63, 3.8) is 0 Å². The van der Waals surface area contributed by atoms with Crippen LogP contribution in [0, 0.1) is 0 Å². The topological polar surface area (TPSA) is 60.7 Å². The van der Waals surface area contributed by atoms with E-state index in [-0.39, 0.29) is 52.5 Å². The number of rotatable bonds is 0. The molecule has 0 aliphatic rings. The van der Waals surface area contributed by atoms with Gasteiger partial charge in [0.15, 0.2) is 0 Å². The van der Waals surface area contributed by atoms with Crippen LogP contribution in [-0.2, 0) is 32.7 Å². The maximum absolute atomic E-state index is 7.17. The summed E-state index contributed by atoms with van der Waals surface area (Å²) >= 11 is 0. The van der Waals surface area contributed by atoms with Crippen molar-refractivity contribution in [3.05, 3.63) is 0 Å². The van der Waals surface area contributed by atoms with Crippen molar-refractivity contribution in [2.75, 3.05) is 0 Å². The Morgan fingerprint density at radius 1 is 1.00 bits per heavy atom. The van der Waals surface area contributed by atoms with Crippen LogP contribution in [0.25, 0.3) is 0 Å². The molecule has 3 N–H and O–H groups in total. The van der Waals surface area contributed by atoms with Crippen LogP contribution < -0.4 is 0 Å². The van der Waals surface area contributed by atoms with Crippen molar-refractivity contribution in [2.45, 2.75) is 0 Å². The van der Waals surface area contributed by atoms with Gasteiger partial charge in [0.25, 0.3) is 0 Å². The molecule has 0 atom stereocenters. The maximum atomic E-state index is 7.17. The minimum Gasteiger partial charge on any atom is 0 e. The van der Waals surface area contributed by atoms with E-state index >= 15 is 0 Å². The zero-order valence-corrected chi connectivity index (χ0v) is 5.33. The minimum absolute atomic E-state index is 0. The largest absolute Gasteiger partial charge is 0 e. The summed E-state index contributed by atoms with van der Waals surface area (Å²) in [4.78, 5) is 0. The van der Waals surface area contributed by atoms with Crippen LogP contribution in [0.15, 0.2) is 0 Å². The Balaban J connectivity index is -0.0000000450. The van der Waals surface area contributed by atoms with Gasteiger partial charge in [-0.2, -0.15) is 0 Å². The van der Waals surface area contributed by atoms with E-state index in [9.17, 15) is 0 Å². The van der Waals surface area contributed by atoms with Crippen molar-refractivity contribution in [2.24, 2.45) is 0 Å². The van der Waals surface area contributed by atoms with Crippen molar-refractivity contribution in [3.8, 4) is 0 Å². The van der Waals surface area contributed by atoms with Crippen molar-refractivity contribution < 1.29 is 47.8 Å². The summed E-state index contributed by atoms with van der Waals surface area (Å²) < 4.78 is 0. The Morgan fingerprint density at radius 3 is 1.00 bits per heavy atom. The van der Waals surface area contributed by atoms with Crippen molar-refractivity contribution >= 4 is 27.1 Å². The second-order valence-corrected chi connectivity index (χ2v) is 0.346. The second-order valence-electron chi connectivity index (χ2n) is 0.346. The van der Waals surface area contributed by atoms with Gasteiger partial charge in [-0.15, -0.1) is 0 Å². The Bertz CT molecular complexity index is 15.5. The van der Waals surface area contributed by atoms with Crippen LogP contribution in [0.2, 0.25) is 0 Å². The van der Waals surface area contributed by atoms with E-state index in [2.05, 4.69) is 0 Å². The third-order valence-electron chi connectivity index (χ3n) is 0. The fraction of sp³-hybridized carbons (Fsp3) is 0. The molecular weight excluding hydrogens is 217 g/mol. The molecule has 3 nitrogen and oxygen atoms in total. The number of hydrogen-bond acceptors (Lipinski definition) is 3. The van der Waals surface area contributed by atoms with Gasteiger partial charge >= 0.3 is 27.1 Å². The van der Waals surface area contributed by atoms with Crippen molar-refractivity contribution in [1.82, 2.24) is 0 Å². The molecule has 6 heteroatoms. The van der Waals surface area contributed by atoms with Gasteiger partial charge in [-0.05, 0) is 0 Å². The first kappa shape index (κ1) is 15.6. The van der Waals surface area contributed by atoms with Crippen LogP contribution in [0.1, 0.15) is 0 Å². The molecule has 1 radical (unpaired) electrons. The van der Waals surface area contributed by atoms with Gasteiger partial charge in [-0.25, -0.2) is 0 Å². The molecule has 0 unspecified atom stereocenters. The third-order valence-corrected chi connectivity index (χ3v) is 0. The standard InChI is InChI=1S/BH3O3.Ga.Y.3H/c2-1(3)4;;;;;/h2-4H;;;;;. The summed E-state index contributed by atoms with van der Waals surface area (Å²) in [5, 5.41) is 21.5. The Morgan fingerprint density at radius 2 is 1.00 bits per heavy atom. The third kappa shape index (κ3) is 43.9. The second kappa shape index (κ2) is 9.84. The van der Waals surface area contributed by atoms with Crippen LogP contribution in [0.3, 0.4) is 0 Å². The summed E-state index contributed by atoms with van der Waals surface area (Å²) in [6.45, 7) is 0. The van der Waals surface area contributed by atoms with Crippen LogP contribution in [0.5, 0.6) is 0 Å². The predicted molar refractivity (Wildman–Crippen MR) is 22.3 cm³/mol. The molecule has 0 aromatic rings. The molecule has 0 saturated heterocycles. The van der Waals surface area contributed by atoms with E-state index in [1.807, 2.05) is 0 Å². The molecule has 0 heterocycles. The van der Waals surface area contributed by atoms with Crippen molar-refractivity contribution in [1.29, 1.82) is 0 Å². The van der Waals surface area contributed by atoms with E-state index in [1.54, 1.807) is 0 Å². The average Bonchev–Trinajstić information content (AvgIpc) is 0.811. The van der Waals surface area contributed by atoms with Crippen LogP contribution in [-0.4, -0.2) is 42.2 Å². The first-order valence-corrected chi connectivity index (χ1v) is 0.775. The quantitative estimate of drug-likeness (QED) is 0.378. The van der Waals surface area contributed by atoms with E-state index in [0.717, 1.165) is 0 Å². The molecule has 0 spiro atoms. The summed E-state index contributed by atoms with van der Waals surface area (Å²) in [6.07, 6.45) is 0. The van der Waals surface area contributed by atoms with Gasteiger partial charge in [-0.3, -0.25) is 0 Å². The molecule has 0 fully saturated rings. The zero-order chi connectivity index (χ0) is 3.58. The molecular formula is H6BGaO3Y. The van der Waals surface area contributed by atoms with Crippen LogP contribution >= 0.6 is 0 Å². The molecule has 33 valence electrons. The van der Waals surface area contributed by atoms with E-state index in [1.165, 1.54) is 0 Å². The molecule has 6 heavy (non-hydrogen) atoms. The van der Waals surface area contributed by atoms with E-state index < -0.39 is 7.32 Å². The molecule has 0 bridgehead atoms. The first-order chi connectivity index (χ1) is 1.73. The molecule has 0 aliphatic heterocycles. The van der Waals surface area contributed by atoms with E-state index in [0.29, 0.717) is 0 Å². The van der Waals surface area contributed by atoms with Gasteiger partial charge < -0.3 is 15.1 Å². The molecule has 0 saturated carbocycles. The number of hydrogen-bond donors (Lipinski definition) is 3. The molecule has 0 aliphatic carbocycles. The Labute approximate surface area is 74.2 Å². The summed E-state index contributed by atoms with van der Waals surface area (Å²) in [5.74, 6) is 0. The Hall–Kier alpha value is 1.69. The van der Waals surface area contributed by atoms with Gasteiger partial charge in [0.05, 0.1) is 0 Å². The fourth-order valence-corrected chi connectivity index (χ4v) is 0. The minimum atomic E-state index is -2.17.